The third-order valence-electron chi connectivity index (χ3n) is 8.31. The predicted molar refractivity (Wildman–Crippen MR) is 148 cm³/mol. The van der Waals surface area contributed by atoms with Gasteiger partial charge in [0.05, 0.1) is 18.8 Å². The monoisotopic (exact) mass is 521 g/mol. The number of hydrogen-bond donors (Lipinski definition) is 2. The average Bonchev–Trinajstić information content (AvgIpc) is 3.36. The minimum Gasteiger partial charge on any atom is -0.480 e. The lowest BCUT2D eigenvalue weighted by Crippen LogP contribution is -2.38. The number of aromatic nitrogens is 1. The maximum Gasteiger partial charge on any atom is 0.325 e. The van der Waals surface area contributed by atoms with Gasteiger partial charge in [-0.05, 0) is 78.7 Å². The van der Waals surface area contributed by atoms with E-state index in [0.29, 0.717) is 19.8 Å². The highest BCUT2D eigenvalue weighted by molar-refractivity contribution is 5.76. The SMILES string of the molecule is CC(C)(C)C1Cc2c(cccc2[C@@H](C(=O)O)N2CC[C@@H](OCCCCc3ccc4c(n3)NCCC4)C2)CO1. The fraction of sp³-hybridized carbons (Fsp3) is 0.613. The number of likely N-dealkylation sites (tertiary alicyclic amines) is 1. The summed E-state index contributed by atoms with van der Waals surface area (Å²) in [5.41, 5.74) is 5.65. The molecule has 1 aromatic heterocycles. The Morgan fingerprint density at radius 1 is 1.24 bits per heavy atom. The molecule has 0 radical (unpaired) electrons. The number of ether oxygens (including phenoxy) is 2. The highest BCUT2D eigenvalue weighted by Crippen LogP contribution is 2.37. The summed E-state index contributed by atoms with van der Waals surface area (Å²) in [6.07, 6.45) is 7.03. The number of pyridine rings is 1. The molecule has 0 aliphatic carbocycles. The van der Waals surface area contributed by atoms with Crippen LogP contribution in [0.5, 0.6) is 0 Å². The van der Waals surface area contributed by atoms with Crippen molar-refractivity contribution in [2.75, 3.05) is 31.6 Å². The van der Waals surface area contributed by atoms with Gasteiger partial charge in [-0.3, -0.25) is 9.69 Å². The molecule has 2 aromatic rings. The van der Waals surface area contributed by atoms with E-state index in [1.54, 1.807) is 0 Å². The molecule has 0 spiro atoms. The van der Waals surface area contributed by atoms with Crippen molar-refractivity contribution >= 4 is 11.8 Å². The number of carboxylic acids is 1. The molecule has 1 saturated heterocycles. The molecular weight excluding hydrogens is 478 g/mol. The second kappa shape index (κ2) is 11.7. The van der Waals surface area contributed by atoms with E-state index in [9.17, 15) is 9.90 Å². The minimum absolute atomic E-state index is 0.00294. The van der Waals surface area contributed by atoms with Gasteiger partial charge in [-0.15, -0.1) is 0 Å². The lowest BCUT2D eigenvalue weighted by atomic mass is 9.80. The van der Waals surface area contributed by atoms with Gasteiger partial charge in [-0.2, -0.15) is 0 Å². The van der Waals surface area contributed by atoms with Crippen molar-refractivity contribution < 1.29 is 19.4 Å². The standard InChI is InChI=1S/C31H43N3O4/c1-31(2,3)27-18-26-22(20-38-27)8-6-11-25(26)28(30(35)36)34-16-14-24(19-34)37-17-5-4-10-23-13-12-21-9-7-15-32-29(21)33-23/h6,8,11-13,24,27-28H,4-5,7,9-10,14-20H2,1-3H3,(H,32,33)(H,35,36)/t24-,27?,28+/m1/s1. The molecule has 7 nitrogen and oxygen atoms in total. The number of carbonyl (C=O) groups is 1. The number of nitrogens with one attached hydrogen (secondary N) is 1. The molecule has 0 saturated carbocycles. The van der Waals surface area contributed by atoms with Crippen molar-refractivity contribution in [1.82, 2.24) is 9.88 Å². The van der Waals surface area contributed by atoms with E-state index >= 15 is 0 Å². The molecule has 3 aliphatic heterocycles. The van der Waals surface area contributed by atoms with E-state index in [4.69, 9.17) is 14.5 Å². The van der Waals surface area contributed by atoms with Crippen LogP contribution >= 0.6 is 0 Å². The molecule has 1 aromatic carbocycles. The fourth-order valence-corrected chi connectivity index (χ4v) is 6.06. The molecule has 206 valence electrons. The zero-order valence-corrected chi connectivity index (χ0v) is 23.2. The Morgan fingerprint density at radius 2 is 2.11 bits per heavy atom. The first kappa shape index (κ1) is 27.1. The number of unbranched alkanes of at least 4 members (excludes halogenated alkanes) is 1. The van der Waals surface area contributed by atoms with E-state index in [1.807, 2.05) is 12.1 Å². The van der Waals surface area contributed by atoms with Gasteiger partial charge in [0.25, 0.3) is 0 Å². The summed E-state index contributed by atoms with van der Waals surface area (Å²) in [5, 5.41) is 13.7. The lowest BCUT2D eigenvalue weighted by Gasteiger charge is -2.37. The maximum atomic E-state index is 12.6. The van der Waals surface area contributed by atoms with Crippen LogP contribution < -0.4 is 5.32 Å². The maximum absolute atomic E-state index is 12.6. The highest BCUT2D eigenvalue weighted by Gasteiger charge is 2.38. The molecule has 1 unspecified atom stereocenters. The van der Waals surface area contributed by atoms with E-state index in [-0.39, 0.29) is 17.6 Å². The van der Waals surface area contributed by atoms with Crippen LogP contribution in [0.1, 0.15) is 80.4 Å². The number of aryl methyl sites for hydroxylation is 2. The molecule has 3 atom stereocenters. The molecule has 2 N–H and O–H groups in total. The number of rotatable bonds is 9. The van der Waals surface area contributed by atoms with Gasteiger partial charge >= 0.3 is 5.97 Å². The van der Waals surface area contributed by atoms with Crippen LogP contribution in [0, 0.1) is 5.41 Å². The molecule has 1 fully saturated rings. The second-order valence-electron chi connectivity index (χ2n) is 12.2. The summed E-state index contributed by atoms with van der Waals surface area (Å²) in [6.45, 7) is 10.2. The van der Waals surface area contributed by atoms with Crippen LogP contribution in [0.4, 0.5) is 5.82 Å². The van der Waals surface area contributed by atoms with E-state index in [0.717, 1.165) is 79.8 Å². The van der Waals surface area contributed by atoms with Crippen LogP contribution in [0.2, 0.25) is 0 Å². The summed E-state index contributed by atoms with van der Waals surface area (Å²) >= 11 is 0. The molecule has 3 aliphatic rings. The normalized spacial score (nSPS) is 22.4. The predicted octanol–water partition coefficient (Wildman–Crippen LogP) is 5.17. The number of anilines is 1. The second-order valence-corrected chi connectivity index (χ2v) is 12.2. The Labute approximate surface area is 226 Å². The zero-order valence-electron chi connectivity index (χ0n) is 23.2. The third kappa shape index (κ3) is 6.22. The van der Waals surface area contributed by atoms with E-state index < -0.39 is 12.0 Å². The summed E-state index contributed by atoms with van der Waals surface area (Å²) in [6, 6.07) is 9.77. The quantitative estimate of drug-likeness (QED) is 0.441. The first-order valence-corrected chi connectivity index (χ1v) is 14.3. The molecule has 0 bridgehead atoms. The summed E-state index contributed by atoms with van der Waals surface area (Å²) in [7, 11) is 0. The van der Waals surface area contributed by atoms with Gasteiger partial charge < -0.3 is 19.9 Å². The fourth-order valence-electron chi connectivity index (χ4n) is 6.06. The smallest absolute Gasteiger partial charge is 0.325 e. The van der Waals surface area contributed by atoms with Gasteiger partial charge in [0, 0.05) is 31.9 Å². The van der Waals surface area contributed by atoms with Gasteiger partial charge in [-0.1, -0.05) is 45.0 Å². The molecule has 38 heavy (non-hydrogen) atoms. The molecule has 0 amide bonds. The molecular formula is C31H43N3O4. The Balaban J connectivity index is 1.14. The number of benzene rings is 1. The number of hydrogen-bond acceptors (Lipinski definition) is 6. The van der Waals surface area contributed by atoms with Gasteiger partial charge in [0.15, 0.2) is 0 Å². The van der Waals surface area contributed by atoms with Crippen LogP contribution in [0.25, 0.3) is 0 Å². The number of aliphatic carboxylic acids is 1. The molecule has 4 heterocycles. The Morgan fingerprint density at radius 3 is 2.92 bits per heavy atom. The summed E-state index contributed by atoms with van der Waals surface area (Å²) in [5.74, 6) is 0.273. The topological polar surface area (TPSA) is 83.9 Å². The molecule has 7 heteroatoms. The van der Waals surface area contributed by atoms with Crippen molar-refractivity contribution in [2.45, 2.75) is 90.6 Å². The summed E-state index contributed by atoms with van der Waals surface area (Å²) < 4.78 is 12.3. The summed E-state index contributed by atoms with van der Waals surface area (Å²) in [4.78, 5) is 19.4. The molecule has 5 rings (SSSR count). The number of carboxylic acid groups (broad SMARTS) is 1. The van der Waals surface area contributed by atoms with Crippen molar-refractivity contribution in [3.05, 3.63) is 58.3 Å². The van der Waals surface area contributed by atoms with Crippen LogP contribution in [0.15, 0.2) is 30.3 Å². The van der Waals surface area contributed by atoms with Crippen LogP contribution in [0.3, 0.4) is 0 Å². The van der Waals surface area contributed by atoms with Gasteiger partial charge in [0.2, 0.25) is 0 Å². The van der Waals surface area contributed by atoms with Crippen molar-refractivity contribution in [1.29, 1.82) is 0 Å². The van der Waals surface area contributed by atoms with Gasteiger partial charge in [-0.25, -0.2) is 4.98 Å². The minimum atomic E-state index is -0.787. The Hall–Kier alpha value is -2.48. The van der Waals surface area contributed by atoms with Crippen molar-refractivity contribution in [3.63, 3.8) is 0 Å². The van der Waals surface area contributed by atoms with Crippen LogP contribution in [-0.4, -0.2) is 59.4 Å². The third-order valence-corrected chi connectivity index (χ3v) is 8.31. The Kier molecular flexibility index (Phi) is 8.36. The van der Waals surface area contributed by atoms with E-state index in [1.165, 1.54) is 12.0 Å². The zero-order chi connectivity index (χ0) is 26.7. The largest absolute Gasteiger partial charge is 0.480 e. The van der Waals surface area contributed by atoms with E-state index in [2.05, 4.69) is 49.2 Å². The van der Waals surface area contributed by atoms with Gasteiger partial charge in [0.1, 0.15) is 11.9 Å². The first-order valence-electron chi connectivity index (χ1n) is 14.3. The van der Waals surface area contributed by atoms with Crippen molar-refractivity contribution in [2.24, 2.45) is 5.41 Å². The Bertz CT molecular complexity index is 1130. The van der Waals surface area contributed by atoms with Crippen molar-refractivity contribution in [3.8, 4) is 0 Å². The van der Waals surface area contributed by atoms with Crippen LogP contribution in [-0.2, 0) is 40.1 Å². The number of nitrogens with zero attached hydrogens (tertiary/aromatic N) is 2. The first-order chi connectivity index (χ1) is 18.3. The average molecular weight is 522 g/mol. The number of fused-ring (bicyclic) bond motifs is 2. The lowest BCUT2D eigenvalue weighted by molar-refractivity contribution is -0.143. The highest BCUT2D eigenvalue weighted by atomic mass is 16.5.